The van der Waals surface area contributed by atoms with E-state index in [-0.39, 0.29) is 9.92 Å². The highest BCUT2D eigenvalue weighted by Gasteiger charge is 2.30. The van der Waals surface area contributed by atoms with Crippen molar-refractivity contribution in [2.75, 3.05) is 26.2 Å². The molecular weight excluding hydrogens is 310 g/mol. The topological polar surface area (TPSA) is 66.6 Å². The standard InChI is InChI=1S/C14H22ClN3O2S/c1-11(2)17-5-7-18(8-6-17)21(19,20)14-4-3-12(10-16)9-13(14)15/h3-4,9,11H,5-8,10,16H2,1-2H3. The summed E-state index contributed by atoms with van der Waals surface area (Å²) < 4.78 is 26.9. The van der Waals surface area contributed by atoms with Crippen LogP contribution in [0.1, 0.15) is 19.4 Å². The molecular formula is C14H22ClN3O2S. The monoisotopic (exact) mass is 331 g/mol. The van der Waals surface area contributed by atoms with Crippen LogP contribution >= 0.6 is 11.6 Å². The predicted molar refractivity (Wildman–Crippen MR) is 84.8 cm³/mol. The van der Waals surface area contributed by atoms with Gasteiger partial charge in [-0.2, -0.15) is 4.31 Å². The molecule has 0 saturated carbocycles. The van der Waals surface area contributed by atoms with E-state index < -0.39 is 10.0 Å². The Kier molecular flexibility index (Phi) is 5.27. The lowest BCUT2D eigenvalue weighted by Crippen LogP contribution is -2.50. The Morgan fingerprint density at radius 1 is 1.24 bits per heavy atom. The van der Waals surface area contributed by atoms with Crippen LogP contribution in [0.2, 0.25) is 5.02 Å². The van der Waals surface area contributed by atoms with Crippen molar-refractivity contribution < 1.29 is 8.42 Å². The number of halogens is 1. The molecule has 0 radical (unpaired) electrons. The average molecular weight is 332 g/mol. The van der Waals surface area contributed by atoms with Gasteiger partial charge in [0.2, 0.25) is 10.0 Å². The molecule has 7 heteroatoms. The van der Waals surface area contributed by atoms with E-state index in [9.17, 15) is 8.42 Å². The highest BCUT2D eigenvalue weighted by atomic mass is 35.5. The number of piperazine rings is 1. The summed E-state index contributed by atoms with van der Waals surface area (Å²) in [6.07, 6.45) is 0. The Morgan fingerprint density at radius 2 is 1.86 bits per heavy atom. The third kappa shape index (κ3) is 3.57. The molecule has 5 nitrogen and oxygen atoms in total. The quantitative estimate of drug-likeness (QED) is 0.908. The van der Waals surface area contributed by atoms with Crippen LogP contribution in [0.25, 0.3) is 0 Å². The molecule has 1 saturated heterocycles. The second-order valence-corrected chi connectivity index (χ2v) is 7.82. The van der Waals surface area contributed by atoms with E-state index in [0.29, 0.717) is 25.7 Å². The molecule has 1 fully saturated rings. The Hall–Kier alpha value is -0.660. The molecule has 0 atom stereocenters. The first-order valence-electron chi connectivity index (χ1n) is 7.09. The summed E-state index contributed by atoms with van der Waals surface area (Å²) in [5, 5.41) is 0.240. The number of nitrogens with zero attached hydrogens (tertiary/aromatic N) is 2. The Bertz CT molecular complexity index is 596. The van der Waals surface area contributed by atoms with Crippen molar-refractivity contribution in [1.29, 1.82) is 0 Å². The van der Waals surface area contributed by atoms with Gasteiger partial charge >= 0.3 is 0 Å². The molecule has 1 aliphatic rings. The van der Waals surface area contributed by atoms with E-state index in [4.69, 9.17) is 17.3 Å². The van der Waals surface area contributed by atoms with Crippen LogP contribution in [-0.4, -0.2) is 49.8 Å². The summed E-state index contributed by atoms with van der Waals surface area (Å²) in [6, 6.07) is 5.32. The molecule has 0 aliphatic carbocycles. The van der Waals surface area contributed by atoms with E-state index in [1.165, 1.54) is 4.31 Å². The van der Waals surface area contributed by atoms with Crippen molar-refractivity contribution in [2.45, 2.75) is 31.3 Å². The van der Waals surface area contributed by atoms with Crippen molar-refractivity contribution in [1.82, 2.24) is 9.21 Å². The van der Waals surface area contributed by atoms with Crippen LogP contribution in [0.15, 0.2) is 23.1 Å². The lowest BCUT2D eigenvalue weighted by atomic mass is 10.2. The van der Waals surface area contributed by atoms with Crippen molar-refractivity contribution >= 4 is 21.6 Å². The number of nitrogens with two attached hydrogens (primary N) is 1. The first kappa shape index (κ1) is 16.7. The maximum atomic E-state index is 12.7. The molecule has 0 amide bonds. The molecule has 1 aromatic rings. The number of hydrogen-bond donors (Lipinski definition) is 1. The zero-order valence-electron chi connectivity index (χ0n) is 12.4. The van der Waals surface area contributed by atoms with Crippen LogP contribution in [0, 0.1) is 0 Å². The minimum absolute atomic E-state index is 0.166. The summed E-state index contributed by atoms with van der Waals surface area (Å²) in [5.41, 5.74) is 6.36. The smallest absolute Gasteiger partial charge is 0.244 e. The number of rotatable bonds is 4. The highest BCUT2D eigenvalue weighted by Crippen LogP contribution is 2.26. The lowest BCUT2D eigenvalue weighted by Gasteiger charge is -2.36. The molecule has 0 aromatic heterocycles. The summed E-state index contributed by atoms with van der Waals surface area (Å²) in [5.74, 6) is 0. The molecule has 2 N–H and O–H groups in total. The minimum Gasteiger partial charge on any atom is -0.326 e. The fraction of sp³-hybridized carbons (Fsp3) is 0.571. The van der Waals surface area contributed by atoms with Crippen LogP contribution in [0.5, 0.6) is 0 Å². The summed E-state index contributed by atoms with van der Waals surface area (Å²) in [7, 11) is -3.53. The minimum atomic E-state index is -3.53. The Morgan fingerprint density at radius 3 is 2.33 bits per heavy atom. The zero-order valence-corrected chi connectivity index (χ0v) is 14.0. The van der Waals surface area contributed by atoms with Gasteiger partial charge in [-0.1, -0.05) is 17.7 Å². The van der Waals surface area contributed by atoms with Gasteiger partial charge in [0.15, 0.2) is 0 Å². The Balaban J connectivity index is 2.19. The summed E-state index contributed by atoms with van der Waals surface area (Å²) >= 11 is 6.12. The maximum Gasteiger partial charge on any atom is 0.244 e. The lowest BCUT2D eigenvalue weighted by molar-refractivity contribution is 0.154. The van der Waals surface area contributed by atoms with Gasteiger partial charge in [0.25, 0.3) is 0 Å². The van der Waals surface area contributed by atoms with E-state index in [0.717, 1.165) is 18.7 Å². The van der Waals surface area contributed by atoms with Gasteiger partial charge in [0.1, 0.15) is 4.90 Å². The van der Waals surface area contributed by atoms with Crippen LogP contribution in [-0.2, 0) is 16.6 Å². The molecule has 1 aromatic carbocycles. The van der Waals surface area contributed by atoms with Gasteiger partial charge in [0, 0.05) is 38.8 Å². The van der Waals surface area contributed by atoms with Gasteiger partial charge in [-0.25, -0.2) is 8.42 Å². The first-order chi connectivity index (χ1) is 9.86. The average Bonchev–Trinajstić information content (AvgIpc) is 2.46. The number of hydrogen-bond acceptors (Lipinski definition) is 4. The second kappa shape index (κ2) is 6.62. The van der Waals surface area contributed by atoms with E-state index in [2.05, 4.69) is 18.7 Å². The van der Waals surface area contributed by atoms with Gasteiger partial charge in [-0.05, 0) is 31.5 Å². The molecule has 118 valence electrons. The SMILES string of the molecule is CC(C)N1CCN(S(=O)(=O)c2ccc(CN)cc2Cl)CC1. The number of sulfonamides is 1. The van der Waals surface area contributed by atoms with Crippen LogP contribution in [0.4, 0.5) is 0 Å². The van der Waals surface area contributed by atoms with Crippen molar-refractivity contribution in [3.63, 3.8) is 0 Å². The largest absolute Gasteiger partial charge is 0.326 e. The van der Waals surface area contributed by atoms with Gasteiger partial charge in [0.05, 0.1) is 5.02 Å². The molecule has 0 spiro atoms. The van der Waals surface area contributed by atoms with E-state index in [1.807, 2.05) is 0 Å². The third-order valence-electron chi connectivity index (χ3n) is 3.85. The van der Waals surface area contributed by atoms with Gasteiger partial charge in [-0.3, -0.25) is 4.90 Å². The molecule has 0 unspecified atom stereocenters. The first-order valence-corrected chi connectivity index (χ1v) is 8.90. The molecule has 21 heavy (non-hydrogen) atoms. The highest BCUT2D eigenvalue weighted by molar-refractivity contribution is 7.89. The second-order valence-electron chi connectivity index (χ2n) is 5.50. The maximum absolute atomic E-state index is 12.7. The third-order valence-corrected chi connectivity index (χ3v) is 6.23. The van der Waals surface area contributed by atoms with Crippen molar-refractivity contribution in [2.24, 2.45) is 5.73 Å². The van der Waals surface area contributed by atoms with Crippen LogP contribution < -0.4 is 5.73 Å². The molecule has 2 rings (SSSR count). The fourth-order valence-electron chi connectivity index (χ4n) is 2.48. The van der Waals surface area contributed by atoms with Crippen LogP contribution in [0.3, 0.4) is 0 Å². The van der Waals surface area contributed by atoms with E-state index >= 15 is 0 Å². The van der Waals surface area contributed by atoms with Crippen molar-refractivity contribution in [3.8, 4) is 0 Å². The Labute approximate surface area is 131 Å². The van der Waals surface area contributed by atoms with Gasteiger partial charge < -0.3 is 5.73 Å². The fourth-order valence-corrected chi connectivity index (χ4v) is 4.44. The number of benzene rings is 1. The summed E-state index contributed by atoms with van der Waals surface area (Å²) in [4.78, 5) is 2.44. The molecule has 1 heterocycles. The normalized spacial score (nSPS) is 18.3. The zero-order chi connectivity index (χ0) is 15.6. The predicted octanol–water partition coefficient (Wildman–Crippen LogP) is 1.51. The van der Waals surface area contributed by atoms with E-state index in [1.54, 1.807) is 18.2 Å². The van der Waals surface area contributed by atoms with Crippen molar-refractivity contribution in [3.05, 3.63) is 28.8 Å². The summed E-state index contributed by atoms with van der Waals surface area (Å²) in [6.45, 7) is 7.06. The molecule has 1 aliphatic heterocycles. The van der Waals surface area contributed by atoms with Gasteiger partial charge in [-0.15, -0.1) is 0 Å². The molecule has 0 bridgehead atoms.